The maximum atomic E-state index is 13.8. The van der Waals surface area contributed by atoms with Crippen molar-refractivity contribution in [1.82, 2.24) is 10.4 Å². The highest BCUT2D eigenvalue weighted by molar-refractivity contribution is 14.1. The van der Waals surface area contributed by atoms with Crippen molar-refractivity contribution in [3.05, 3.63) is 33.4 Å². The van der Waals surface area contributed by atoms with Gasteiger partial charge in [0.1, 0.15) is 29.8 Å². The second-order valence-electron chi connectivity index (χ2n) is 10.8. The molecule has 188 valence electrons. The minimum atomic E-state index is -1.18. The SMILES string of the molecule is O=C1O[C@@H]2C[C@@]3(C(=O)NCCO)[C@H](ON(Cc4cccc(I)c4)[C@@H]13)[C@H]1OC(C3CC3)(C3CC3)O[C@H]12. The first kappa shape index (κ1) is 22.9. The zero-order valence-electron chi connectivity index (χ0n) is 19.2. The fourth-order valence-corrected chi connectivity index (χ4v) is 7.42. The third-order valence-electron chi connectivity index (χ3n) is 8.53. The van der Waals surface area contributed by atoms with Crippen LogP contribution >= 0.6 is 22.6 Å². The van der Waals surface area contributed by atoms with Gasteiger partial charge in [0.15, 0.2) is 11.8 Å². The molecule has 9 nitrogen and oxygen atoms in total. The van der Waals surface area contributed by atoms with Gasteiger partial charge in [0.05, 0.1) is 13.2 Å². The Balaban J connectivity index is 1.28. The van der Waals surface area contributed by atoms with E-state index in [1.807, 2.05) is 24.3 Å². The highest BCUT2D eigenvalue weighted by atomic mass is 127. The van der Waals surface area contributed by atoms with Crippen molar-refractivity contribution in [3.8, 4) is 0 Å². The first-order valence-corrected chi connectivity index (χ1v) is 13.7. The number of hydrogen-bond acceptors (Lipinski definition) is 8. The quantitative estimate of drug-likeness (QED) is 0.361. The summed E-state index contributed by atoms with van der Waals surface area (Å²) < 4.78 is 20.5. The average molecular weight is 596 g/mol. The third kappa shape index (κ3) is 3.36. The van der Waals surface area contributed by atoms with Crippen LogP contribution in [0.2, 0.25) is 0 Å². The molecule has 0 radical (unpaired) electrons. The Morgan fingerprint density at radius 1 is 1.17 bits per heavy atom. The maximum Gasteiger partial charge on any atom is 0.327 e. The van der Waals surface area contributed by atoms with Crippen molar-refractivity contribution in [1.29, 1.82) is 0 Å². The molecule has 0 aromatic heterocycles. The molecule has 6 fully saturated rings. The lowest BCUT2D eigenvalue weighted by molar-refractivity contribution is -0.235. The van der Waals surface area contributed by atoms with Crippen molar-refractivity contribution in [3.63, 3.8) is 0 Å². The number of fused-ring (bicyclic) bond motifs is 4. The van der Waals surface area contributed by atoms with Crippen LogP contribution in [-0.4, -0.2) is 71.4 Å². The molecule has 6 aliphatic rings. The van der Waals surface area contributed by atoms with Crippen LogP contribution in [0.15, 0.2) is 24.3 Å². The lowest BCUT2D eigenvalue weighted by atomic mass is 9.62. The number of nitrogens with one attached hydrogen (secondary N) is 1. The number of aliphatic hydroxyl groups is 1. The minimum absolute atomic E-state index is 0.107. The zero-order valence-corrected chi connectivity index (χ0v) is 21.4. The van der Waals surface area contributed by atoms with E-state index in [1.165, 1.54) is 0 Å². The Kier molecular flexibility index (Phi) is 5.28. The van der Waals surface area contributed by atoms with E-state index in [0.29, 0.717) is 24.8 Å². The summed E-state index contributed by atoms with van der Waals surface area (Å²) in [6.45, 7) is 0.258. The third-order valence-corrected chi connectivity index (χ3v) is 9.20. The molecular weight excluding hydrogens is 567 g/mol. The average Bonchev–Trinajstić information content (AvgIpc) is 3.77. The predicted octanol–water partition coefficient (Wildman–Crippen LogP) is 1.50. The number of hydroxylamine groups is 2. The fourth-order valence-electron chi connectivity index (χ4n) is 6.82. The lowest BCUT2D eigenvalue weighted by Crippen LogP contribution is -2.69. The number of ether oxygens (including phenoxy) is 3. The molecule has 2 N–H and O–H groups in total. The van der Waals surface area contributed by atoms with Crippen molar-refractivity contribution in [2.75, 3.05) is 13.2 Å². The van der Waals surface area contributed by atoms with E-state index in [1.54, 1.807) is 5.06 Å². The van der Waals surface area contributed by atoms with Crippen LogP contribution < -0.4 is 5.32 Å². The molecule has 0 unspecified atom stereocenters. The number of carbonyl (C=O) groups excluding carboxylic acids is 2. The van der Waals surface area contributed by atoms with E-state index >= 15 is 0 Å². The summed E-state index contributed by atoms with van der Waals surface area (Å²) in [5.74, 6) is -0.745. The second-order valence-corrected chi connectivity index (χ2v) is 12.0. The molecule has 1 amide bonds. The van der Waals surface area contributed by atoms with E-state index < -0.39 is 47.6 Å². The van der Waals surface area contributed by atoms with Gasteiger partial charge < -0.3 is 24.6 Å². The molecule has 3 saturated carbocycles. The molecular formula is C25H29IN2O7. The minimum Gasteiger partial charge on any atom is -0.458 e. The Labute approximate surface area is 216 Å². The molecule has 0 spiro atoms. The van der Waals surface area contributed by atoms with Gasteiger partial charge in [0.25, 0.3) is 0 Å². The monoisotopic (exact) mass is 596 g/mol. The lowest BCUT2D eigenvalue weighted by Gasteiger charge is -2.48. The van der Waals surface area contributed by atoms with Crippen molar-refractivity contribution < 1.29 is 33.7 Å². The molecule has 3 saturated heterocycles. The van der Waals surface area contributed by atoms with Gasteiger partial charge in [-0.15, -0.1) is 0 Å². The van der Waals surface area contributed by atoms with E-state index in [0.717, 1.165) is 34.8 Å². The van der Waals surface area contributed by atoms with Gasteiger partial charge in [-0.3, -0.25) is 14.4 Å². The first-order valence-electron chi connectivity index (χ1n) is 12.6. The van der Waals surface area contributed by atoms with Crippen molar-refractivity contribution in [2.45, 2.75) is 74.9 Å². The van der Waals surface area contributed by atoms with Crippen LogP contribution in [0.25, 0.3) is 0 Å². The van der Waals surface area contributed by atoms with Crippen molar-refractivity contribution in [2.24, 2.45) is 17.3 Å². The number of aliphatic hydroxyl groups excluding tert-OH is 1. The van der Waals surface area contributed by atoms with E-state index in [-0.39, 0.29) is 19.1 Å². The highest BCUT2D eigenvalue weighted by Crippen LogP contribution is 2.63. The Morgan fingerprint density at radius 3 is 2.60 bits per heavy atom. The molecule has 6 atom stereocenters. The summed E-state index contributed by atoms with van der Waals surface area (Å²) in [6.07, 6.45) is 2.36. The van der Waals surface area contributed by atoms with Gasteiger partial charge in [0.2, 0.25) is 5.91 Å². The van der Waals surface area contributed by atoms with Gasteiger partial charge in [-0.25, -0.2) is 0 Å². The molecule has 2 bridgehead atoms. The van der Waals surface area contributed by atoms with Crippen LogP contribution in [0, 0.1) is 20.8 Å². The topological polar surface area (TPSA) is 107 Å². The molecule has 35 heavy (non-hydrogen) atoms. The summed E-state index contributed by atoms with van der Waals surface area (Å²) >= 11 is 2.25. The number of nitrogens with zero attached hydrogens (tertiary/aromatic N) is 1. The summed E-state index contributed by atoms with van der Waals surface area (Å²) in [4.78, 5) is 33.8. The normalized spacial score (nSPS) is 39.3. The maximum absolute atomic E-state index is 13.8. The van der Waals surface area contributed by atoms with Crippen LogP contribution in [-0.2, 0) is 35.2 Å². The Morgan fingerprint density at radius 2 is 1.91 bits per heavy atom. The number of esters is 1. The van der Waals surface area contributed by atoms with Gasteiger partial charge >= 0.3 is 5.97 Å². The highest BCUT2D eigenvalue weighted by Gasteiger charge is 2.78. The first-order chi connectivity index (χ1) is 17.0. The molecule has 7 rings (SSSR count). The van der Waals surface area contributed by atoms with Crippen molar-refractivity contribution >= 4 is 34.5 Å². The van der Waals surface area contributed by atoms with Gasteiger partial charge in [-0.2, -0.15) is 5.06 Å². The number of rotatable bonds is 7. The smallest absolute Gasteiger partial charge is 0.327 e. The van der Waals surface area contributed by atoms with E-state index in [4.69, 9.17) is 19.0 Å². The summed E-state index contributed by atoms with van der Waals surface area (Å²) in [5, 5.41) is 13.8. The van der Waals surface area contributed by atoms with Crippen LogP contribution in [0.1, 0.15) is 37.7 Å². The summed E-state index contributed by atoms with van der Waals surface area (Å²) in [6, 6.07) is 7.07. The summed E-state index contributed by atoms with van der Waals surface area (Å²) in [5.41, 5.74) is -0.202. The number of amides is 1. The summed E-state index contributed by atoms with van der Waals surface area (Å²) in [7, 11) is 0. The van der Waals surface area contributed by atoms with Gasteiger partial charge in [-0.1, -0.05) is 12.1 Å². The Bertz CT molecular complexity index is 1050. The van der Waals surface area contributed by atoms with Crippen LogP contribution in [0.3, 0.4) is 0 Å². The zero-order chi connectivity index (χ0) is 23.9. The molecule has 10 heteroatoms. The Hall–Kier alpha value is -1.31. The predicted molar refractivity (Wildman–Crippen MR) is 128 cm³/mol. The molecule has 1 aromatic rings. The van der Waals surface area contributed by atoms with Gasteiger partial charge in [-0.05, 0) is 66.0 Å². The van der Waals surface area contributed by atoms with Gasteiger partial charge in [0, 0.05) is 28.4 Å². The standard InChI is InChI=1S/C25H29IN2O7/c26-16-3-1-2-13(10-16)12-28-20-22(30)32-17-11-24(20,23(31)27-8-9-29)21(35-28)19-18(17)33-25(34-19,14-4-5-14)15-6-7-15/h1-3,10,14-15,17-21,29H,4-9,11-12H2,(H,27,31)/t17-,18+,19+,20+,21-,24+/m1/s1. The van der Waals surface area contributed by atoms with Crippen LogP contribution in [0.5, 0.6) is 0 Å². The number of hydrogen-bond donors (Lipinski definition) is 2. The molecule has 1 aromatic carbocycles. The molecule has 3 aliphatic heterocycles. The number of halogens is 1. The van der Waals surface area contributed by atoms with E-state index in [9.17, 15) is 14.7 Å². The largest absolute Gasteiger partial charge is 0.458 e. The fraction of sp³-hybridized carbons (Fsp3) is 0.680. The second kappa shape index (κ2) is 8.09. The molecule has 3 heterocycles. The number of benzene rings is 1. The molecule has 3 aliphatic carbocycles. The number of carbonyl (C=O) groups is 2. The van der Waals surface area contributed by atoms with Crippen LogP contribution in [0.4, 0.5) is 0 Å². The van der Waals surface area contributed by atoms with E-state index in [2.05, 4.69) is 27.9 Å².